The molecule has 1 aromatic carbocycles. The third-order valence-corrected chi connectivity index (χ3v) is 2.99. The molecular formula is C8H4Cl2N2O2S. The van der Waals surface area contributed by atoms with Gasteiger partial charge in [0.15, 0.2) is 5.69 Å². The molecular weight excluding hydrogens is 259 g/mol. The van der Waals surface area contributed by atoms with Crippen LogP contribution in [0.15, 0.2) is 18.2 Å². The fourth-order valence-corrected chi connectivity index (χ4v) is 1.86. The summed E-state index contributed by atoms with van der Waals surface area (Å²) in [5, 5.41) is 9.40. The summed E-state index contributed by atoms with van der Waals surface area (Å²) in [6, 6.07) is 4.98. The van der Waals surface area contributed by atoms with Crippen LogP contribution in [0.4, 0.5) is 0 Å². The van der Waals surface area contributed by atoms with E-state index in [0.29, 0.717) is 21.3 Å². The number of rotatable bonds is 2. The molecule has 0 radical (unpaired) electrons. The van der Waals surface area contributed by atoms with Crippen LogP contribution in [0.1, 0.15) is 0 Å². The first kappa shape index (κ1) is 10.6. The first-order valence-electron chi connectivity index (χ1n) is 3.82. The van der Waals surface area contributed by atoms with Gasteiger partial charge in [0.25, 0.3) is 5.88 Å². The summed E-state index contributed by atoms with van der Waals surface area (Å²) in [5.74, 6) is 0.0541. The van der Waals surface area contributed by atoms with Gasteiger partial charge in [0.2, 0.25) is 0 Å². The molecule has 0 saturated carbocycles. The predicted molar refractivity (Wildman–Crippen MR) is 58.6 cm³/mol. The Morgan fingerprint density at radius 1 is 1.20 bits per heavy atom. The smallest absolute Gasteiger partial charge is 0.295 e. The summed E-state index contributed by atoms with van der Waals surface area (Å²) >= 11 is 12.6. The summed E-state index contributed by atoms with van der Waals surface area (Å²) in [7, 11) is 0. The first-order valence-corrected chi connectivity index (χ1v) is 5.30. The van der Waals surface area contributed by atoms with Crippen molar-refractivity contribution in [2.45, 2.75) is 0 Å². The van der Waals surface area contributed by atoms with Gasteiger partial charge in [-0.15, -0.1) is 4.37 Å². The van der Waals surface area contributed by atoms with E-state index in [4.69, 9.17) is 28.5 Å². The van der Waals surface area contributed by atoms with Crippen molar-refractivity contribution in [1.82, 2.24) is 8.75 Å². The lowest BCUT2D eigenvalue weighted by Gasteiger charge is -2.00. The van der Waals surface area contributed by atoms with Crippen molar-refractivity contribution < 1.29 is 10.1 Å². The van der Waals surface area contributed by atoms with Gasteiger partial charge in [-0.25, -0.2) is 5.26 Å². The van der Waals surface area contributed by atoms with Crippen LogP contribution in [0.3, 0.4) is 0 Å². The second-order valence-electron chi connectivity index (χ2n) is 2.64. The highest BCUT2D eigenvalue weighted by Gasteiger charge is 2.13. The summed E-state index contributed by atoms with van der Waals surface area (Å²) in [5.41, 5.74) is 1.11. The highest BCUT2D eigenvalue weighted by atomic mass is 35.5. The Kier molecular flexibility index (Phi) is 3.06. The van der Waals surface area contributed by atoms with Crippen LogP contribution in [0.2, 0.25) is 10.0 Å². The van der Waals surface area contributed by atoms with Crippen LogP contribution >= 0.6 is 34.9 Å². The Hall–Kier alpha value is -0.880. The van der Waals surface area contributed by atoms with Gasteiger partial charge in [0.05, 0.1) is 21.8 Å². The van der Waals surface area contributed by atoms with Crippen molar-refractivity contribution in [2.75, 3.05) is 0 Å². The van der Waals surface area contributed by atoms with Gasteiger partial charge in [0.1, 0.15) is 0 Å². The van der Waals surface area contributed by atoms with Crippen LogP contribution in [-0.4, -0.2) is 14.0 Å². The molecule has 1 heterocycles. The maximum Gasteiger partial charge on any atom is 0.295 e. The molecule has 0 aliphatic rings. The van der Waals surface area contributed by atoms with E-state index in [9.17, 15) is 0 Å². The lowest BCUT2D eigenvalue weighted by molar-refractivity contribution is -0.140. The molecule has 0 bridgehead atoms. The molecule has 0 spiro atoms. The standard InChI is InChI=1S/C8H4Cl2N2O2S/c9-5-2-1-4(3-6(5)10)7-8(14-13)12-15-11-7/h1-3,13H. The van der Waals surface area contributed by atoms with E-state index in [-0.39, 0.29) is 5.88 Å². The molecule has 15 heavy (non-hydrogen) atoms. The zero-order valence-electron chi connectivity index (χ0n) is 7.15. The number of hydrogen-bond acceptors (Lipinski definition) is 5. The second-order valence-corrected chi connectivity index (χ2v) is 3.98. The zero-order chi connectivity index (χ0) is 10.8. The molecule has 0 amide bonds. The van der Waals surface area contributed by atoms with Crippen molar-refractivity contribution in [3.8, 4) is 17.1 Å². The third-order valence-electron chi connectivity index (χ3n) is 1.74. The molecule has 2 rings (SSSR count). The first-order chi connectivity index (χ1) is 7.22. The highest BCUT2D eigenvalue weighted by Crippen LogP contribution is 2.32. The minimum atomic E-state index is 0.0541. The Bertz CT molecular complexity index is 489. The molecule has 1 N–H and O–H groups in total. The van der Waals surface area contributed by atoms with Gasteiger partial charge in [-0.05, 0) is 12.1 Å². The van der Waals surface area contributed by atoms with Gasteiger partial charge < -0.3 is 4.89 Å². The largest absolute Gasteiger partial charge is 0.316 e. The van der Waals surface area contributed by atoms with E-state index in [1.807, 2.05) is 0 Å². The molecule has 7 heteroatoms. The van der Waals surface area contributed by atoms with Crippen LogP contribution in [0.25, 0.3) is 11.3 Å². The molecule has 0 atom stereocenters. The van der Waals surface area contributed by atoms with Gasteiger partial charge >= 0.3 is 0 Å². The Labute approximate surface area is 99.3 Å². The minimum Gasteiger partial charge on any atom is -0.316 e. The Morgan fingerprint density at radius 3 is 2.67 bits per heavy atom. The van der Waals surface area contributed by atoms with Gasteiger partial charge in [-0.2, -0.15) is 4.37 Å². The molecule has 78 valence electrons. The zero-order valence-corrected chi connectivity index (χ0v) is 9.47. The minimum absolute atomic E-state index is 0.0541. The predicted octanol–water partition coefficient (Wildman–Crippen LogP) is 3.36. The SMILES string of the molecule is OOc1nsnc1-c1ccc(Cl)c(Cl)c1. The molecule has 4 nitrogen and oxygen atoms in total. The van der Waals surface area contributed by atoms with Crippen LogP contribution in [0.5, 0.6) is 5.88 Å². The number of aromatic nitrogens is 2. The second kappa shape index (κ2) is 4.32. The summed E-state index contributed by atoms with van der Waals surface area (Å²) in [6.45, 7) is 0. The van der Waals surface area contributed by atoms with Crippen molar-refractivity contribution in [1.29, 1.82) is 0 Å². The summed E-state index contributed by atoms with van der Waals surface area (Å²) in [4.78, 5) is 4.07. The average molecular weight is 263 g/mol. The summed E-state index contributed by atoms with van der Waals surface area (Å²) in [6.07, 6.45) is 0. The molecule has 2 aromatic rings. The molecule has 0 aliphatic heterocycles. The number of halogens is 2. The quantitative estimate of drug-likeness (QED) is 0.666. The lowest BCUT2D eigenvalue weighted by Crippen LogP contribution is -1.87. The van der Waals surface area contributed by atoms with Crippen molar-refractivity contribution >= 4 is 34.9 Å². The number of hydrogen-bond donors (Lipinski definition) is 1. The third kappa shape index (κ3) is 2.05. The number of nitrogens with zero attached hydrogens (tertiary/aromatic N) is 2. The molecule has 0 fully saturated rings. The molecule has 0 aliphatic carbocycles. The van der Waals surface area contributed by atoms with Crippen LogP contribution in [-0.2, 0) is 0 Å². The Morgan fingerprint density at radius 2 is 2.00 bits per heavy atom. The van der Waals surface area contributed by atoms with Crippen molar-refractivity contribution in [2.24, 2.45) is 0 Å². The van der Waals surface area contributed by atoms with Crippen molar-refractivity contribution in [3.63, 3.8) is 0 Å². The fraction of sp³-hybridized carbons (Fsp3) is 0. The fourth-order valence-electron chi connectivity index (χ4n) is 1.06. The van der Waals surface area contributed by atoms with Gasteiger partial charge in [-0.3, -0.25) is 0 Å². The van der Waals surface area contributed by atoms with Gasteiger partial charge in [0, 0.05) is 5.56 Å². The van der Waals surface area contributed by atoms with E-state index >= 15 is 0 Å². The maximum atomic E-state index is 8.54. The average Bonchev–Trinajstić information content (AvgIpc) is 2.70. The Balaban J connectivity index is 2.50. The molecule has 0 unspecified atom stereocenters. The topological polar surface area (TPSA) is 55.2 Å². The summed E-state index contributed by atoms with van der Waals surface area (Å²) < 4.78 is 7.72. The molecule has 1 aromatic heterocycles. The number of benzene rings is 1. The van der Waals surface area contributed by atoms with E-state index < -0.39 is 0 Å². The van der Waals surface area contributed by atoms with Crippen LogP contribution < -0.4 is 4.89 Å². The van der Waals surface area contributed by atoms with E-state index in [2.05, 4.69) is 13.6 Å². The molecule has 0 saturated heterocycles. The van der Waals surface area contributed by atoms with E-state index in [0.717, 1.165) is 11.7 Å². The van der Waals surface area contributed by atoms with Crippen molar-refractivity contribution in [3.05, 3.63) is 28.2 Å². The normalized spacial score (nSPS) is 10.3. The highest BCUT2D eigenvalue weighted by molar-refractivity contribution is 6.99. The van der Waals surface area contributed by atoms with E-state index in [1.54, 1.807) is 18.2 Å². The lowest BCUT2D eigenvalue weighted by atomic mass is 10.2. The van der Waals surface area contributed by atoms with Crippen LogP contribution in [0, 0.1) is 0 Å². The monoisotopic (exact) mass is 262 g/mol. The maximum absolute atomic E-state index is 8.54. The van der Waals surface area contributed by atoms with E-state index in [1.165, 1.54) is 0 Å². The van der Waals surface area contributed by atoms with Gasteiger partial charge in [-0.1, -0.05) is 29.3 Å².